The summed E-state index contributed by atoms with van der Waals surface area (Å²) in [4.78, 5) is 3.98. The fourth-order valence-electron chi connectivity index (χ4n) is 0.846. The number of hydrogen-bond donors (Lipinski definition) is 2. The minimum Gasteiger partial charge on any atom is -0.447 e. The van der Waals surface area contributed by atoms with Gasteiger partial charge in [0.1, 0.15) is 5.76 Å². The zero-order valence-corrected chi connectivity index (χ0v) is 7.50. The Hall–Kier alpha value is -0.870. The van der Waals surface area contributed by atoms with Gasteiger partial charge in [0.25, 0.3) is 0 Å². The first-order valence-corrected chi connectivity index (χ1v) is 4.06. The van der Waals surface area contributed by atoms with Crippen molar-refractivity contribution in [1.29, 1.82) is 0 Å². The molecule has 0 saturated heterocycles. The Morgan fingerprint density at radius 1 is 1.75 bits per heavy atom. The molecule has 0 aromatic carbocycles. The lowest BCUT2D eigenvalue weighted by atomic mass is 10.3. The predicted molar refractivity (Wildman–Crippen MR) is 46.6 cm³/mol. The largest absolute Gasteiger partial charge is 0.447 e. The van der Waals surface area contributed by atoms with Crippen LogP contribution in [-0.2, 0) is 6.54 Å². The van der Waals surface area contributed by atoms with Crippen LogP contribution in [0.1, 0.15) is 18.4 Å². The molecule has 3 N–H and O–H groups in total. The maximum atomic E-state index is 5.44. The second-order valence-electron chi connectivity index (χ2n) is 2.88. The van der Waals surface area contributed by atoms with Crippen LogP contribution in [0.4, 0.5) is 0 Å². The molecule has 0 spiro atoms. The Morgan fingerprint density at radius 3 is 3.00 bits per heavy atom. The van der Waals surface area contributed by atoms with Crippen molar-refractivity contribution in [2.45, 2.75) is 26.4 Å². The van der Waals surface area contributed by atoms with E-state index in [0.717, 1.165) is 11.5 Å². The summed E-state index contributed by atoms with van der Waals surface area (Å²) < 4.78 is 5.14. The number of aromatic nitrogens is 1. The fraction of sp³-hybridized carbons (Fsp3) is 0.625. The highest BCUT2D eigenvalue weighted by atomic mass is 16.3. The molecule has 1 aromatic heterocycles. The van der Waals surface area contributed by atoms with Crippen LogP contribution in [0, 0.1) is 6.92 Å². The van der Waals surface area contributed by atoms with Crippen molar-refractivity contribution in [3.63, 3.8) is 0 Å². The first-order valence-electron chi connectivity index (χ1n) is 4.06. The maximum absolute atomic E-state index is 5.44. The van der Waals surface area contributed by atoms with Gasteiger partial charge in [0, 0.05) is 12.6 Å². The lowest BCUT2D eigenvalue weighted by Gasteiger charge is -2.08. The minimum atomic E-state index is 0.314. The van der Waals surface area contributed by atoms with Crippen LogP contribution in [0.5, 0.6) is 0 Å². The van der Waals surface area contributed by atoms with Crippen molar-refractivity contribution in [3.05, 3.63) is 17.8 Å². The lowest BCUT2D eigenvalue weighted by molar-refractivity contribution is 0.453. The summed E-state index contributed by atoms with van der Waals surface area (Å²) in [5, 5.41) is 3.22. The molecule has 1 aromatic rings. The third-order valence-corrected chi connectivity index (χ3v) is 1.81. The molecule has 4 heteroatoms. The summed E-state index contributed by atoms with van der Waals surface area (Å²) >= 11 is 0. The molecule has 0 saturated carbocycles. The van der Waals surface area contributed by atoms with Crippen LogP contribution in [0.2, 0.25) is 0 Å². The highest BCUT2D eigenvalue weighted by Crippen LogP contribution is 2.03. The summed E-state index contributed by atoms with van der Waals surface area (Å²) in [5.74, 6) is 0.885. The van der Waals surface area contributed by atoms with Gasteiger partial charge in [-0.15, -0.1) is 0 Å². The molecule has 1 heterocycles. The Balaban J connectivity index is 2.38. The van der Waals surface area contributed by atoms with Crippen molar-refractivity contribution in [2.24, 2.45) is 5.73 Å². The molecule has 0 aliphatic heterocycles. The number of aryl methyl sites for hydroxylation is 1. The number of nitrogens with one attached hydrogen (secondary N) is 1. The van der Waals surface area contributed by atoms with Crippen LogP contribution < -0.4 is 11.1 Å². The van der Waals surface area contributed by atoms with Crippen molar-refractivity contribution in [3.8, 4) is 0 Å². The van der Waals surface area contributed by atoms with Gasteiger partial charge in [0.15, 0.2) is 6.39 Å². The van der Waals surface area contributed by atoms with Gasteiger partial charge in [-0.1, -0.05) is 0 Å². The lowest BCUT2D eigenvalue weighted by Crippen LogP contribution is -2.32. The smallest absolute Gasteiger partial charge is 0.181 e. The monoisotopic (exact) mass is 169 g/mol. The van der Waals surface area contributed by atoms with E-state index in [4.69, 9.17) is 10.2 Å². The number of nitrogens with zero attached hydrogens (tertiary/aromatic N) is 1. The zero-order chi connectivity index (χ0) is 8.97. The van der Waals surface area contributed by atoms with E-state index in [-0.39, 0.29) is 0 Å². The van der Waals surface area contributed by atoms with Gasteiger partial charge in [-0.3, -0.25) is 0 Å². The molecule has 0 radical (unpaired) electrons. The molecule has 68 valence electrons. The summed E-state index contributed by atoms with van der Waals surface area (Å²) in [7, 11) is 0. The average molecular weight is 169 g/mol. The molecule has 0 aliphatic rings. The van der Waals surface area contributed by atoms with E-state index in [0.29, 0.717) is 19.1 Å². The van der Waals surface area contributed by atoms with Crippen molar-refractivity contribution < 1.29 is 4.42 Å². The summed E-state index contributed by atoms with van der Waals surface area (Å²) in [6, 6.07) is 0.314. The number of nitrogens with two attached hydrogens (primary N) is 1. The SMILES string of the molecule is Cc1ncoc1CNC(C)CN. The normalized spacial score (nSPS) is 13.2. The molecule has 0 amide bonds. The van der Waals surface area contributed by atoms with E-state index in [1.54, 1.807) is 0 Å². The second kappa shape index (κ2) is 4.23. The van der Waals surface area contributed by atoms with Crippen LogP contribution in [0.25, 0.3) is 0 Å². The van der Waals surface area contributed by atoms with Crippen LogP contribution >= 0.6 is 0 Å². The van der Waals surface area contributed by atoms with E-state index >= 15 is 0 Å². The van der Waals surface area contributed by atoms with Crippen LogP contribution in [0.3, 0.4) is 0 Å². The van der Waals surface area contributed by atoms with Crippen molar-refractivity contribution >= 4 is 0 Å². The number of hydrogen-bond acceptors (Lipinski definition) is 4. The zero-order valence-electron chi connectivity index (χ0n) is 7.50. The van der Waals surface area contributed by atoms with Gasteiger partial charge in [-0.25, -0.2) is 4.98 Å². The minimum absolute atomic E-state index is 0.314. The van der Waals surface area contributed by atoms with E-state index < -0.39 is 0 Å². The molecule has 1 unspecified atom stereocenters. The van der Waals surface area contributed by atoms with Gasteiger partial charge in [0.2, 0.25) is 0 Å². The highest BCUT2D eigenvalue weighted by Gasteiger charge is 2.04. The van der Waals surface area contributed by atoms with Gasteiger partial charge >= 0.3 is 0 Å². The van der Waals surface area contributed by atoms with E-state index in [1.807, 2.05) is 13.8 Å². The average Bonchev–Trinajstić information content (AvgIpc) is 2.47. The van der Waals surface area contributed by atoms with Gasteiger partial charge < -0.3 is 15.5 Å². The first-order chi connectivity index (χ1) is 5.74. The van der Waals surface area contributed by atoms with E-state index in [1.165, 1.54) is 6.39 Å². The molecule has 12 heavy (non-hydrogen) atoms. The first kappa shape index (κ1) is 9.22. The Morgan fingerprint density at radius 2 is 2.50 bits per heavy atom. The number of rotatable bonds is 4. The molecule has 4 nitrogen and oxygen atoms in total. The summed E-state index contributed by atoms with van der Waals surface area (Å²) in [5.41, 5.74) is 6.38. The molecule has 0 fully saturated rings. The summed E-state index contributed by atoms with van der Waals surface area (Å²) in [6.07, 6.45) is 1.46. The third kappa shape index (κ3) is 2.32. The molecular weight excluding hydrogens is 154 g/mol. The topological polar surface area (TPSA) is 64.1 Å². The maximum Gasteiger partial charge on any atom is 0.181 e. The van der Waals surface area contributed by atoms with Gasteiger partial charge in [0.05, 0.1) is 12.2 Å². The van der Waals surface area contributed by atoms with Gasteiger partial charge in [-0.05, 0) is 13.8 Å². The predicted octanol–water partition coefficient (Wildman–Crippen LogP) is 0.420. The molecule has 1 atom stereocenters. The van der Waals surface area contributed by atoms with Crippen LogP contribution in [0.15, 0.2) is 10.8 Å². The Bertz CT molecular complexity index is 234. The van der Waals surface area contributed by atoms with Crippen molar-refractivity contribution in [2.75, 3.05) is 6.54 Å². The van der Waals surface area contributed by atoms with Crippen LogP contribution in [-0.4, -0.2) is 17.6 Å². The third-order valence-electron chi connectivity index (χ3n) is 1.81. The van der Waals surface area contributed by atoms with Crippen molar-refractivity contribution in [1.82, 2.24) is 10.3 Å². The highest BCUT2D eigenvalue weighted by molar-refractivity contribution is 5.03. The standard InChI is InChI=1S/C8H15N3O/c1-6(3-9)10-4-8-7(2)11-5-12-8/h5-6,10H,3-4,9H2,1-2H3. The molecule has 0 bridgehead atoms. The second-order valence-corrected chi connectivity index (χ2v) is 2.88. The Labute approximate surface area is 72.2 Å². The molecule has 1 rings (SSSR count). The Kier molecular flexibility index (Phi) is 3.25. The van der Waals surface area contributed by atoms with Gasteiger partial charge in [-0.2, -0.15) is 0 Å². The molecule has 0 aliphatic carbocycles. The van der Waals surface area contributed by atoms with E-state index in [2.05, 4.69) is 10.3 Å². The summed E-state index contributed by atoms with van der Waals surface area (Å²) in [6.45, 7) is 5.29. The fourth-order valence-corrected chi connectivity index (χ4v) is 0.846. The molecular formula is C8H15N3O. The number of oxazole rings is 1. The van der Waals surface area contributed by atoms with E-state index in [9.17, 15) is 0 Å². The quantitative estimate of drug-likeness (QED) is 0.685.